The number of hydrogen-bond donors (Lipinski definition) is 2. The molecule has 3 heterocycles. The van der Waals surface area contributed by atoms with Crippen molar-refractivity contribution in [2.24, 2.45) is 0 Å². The third-order valence-corrected chi connectivity index (χ3v) is 7.69. The number of carbonyl (C=O) groups is 1. The summed E-state index contributed by atoms with van der Waals surface area (Å²) in [5.41, 5.74) is 3.28. The van der Waals surface area contributed by atoms with E-state index in [1.165, 1.54) is 0 Å². The Bertz CT molecular complexity index is 1690. The van der Waals surface area contributed by atoms with Gasteiger partial charge in [-0.25, -0.2) is 14.8 Å². The number of fused-ring (bicyclic) bond motifs is 1. The maximum atomic E-state index is 13.4. The summed E-state index contributed by atoms with van der Waals surface area (Å²) in [4.78, 5) is 22.0. The molecular weight excluding hydrogens is 565 g/mol. The Kier molecular flexibility index (Phi) is 7.50. The first-order valence-corrected chi connectivity index (χ1v) is 13.7. The molecule has 1 fully saturated rings. The summed E-state index contributed by atoms with van der Waals surface area (Å²) in [6, 6.07) is 25.3. The lowest BCUT2D eigenvalue weighted by atomic mass is 9.98. The first-order chi connectivity index (χ1) is 19.8. The number of nitrogens with zero attached hydrogens (tertiary/aromatic N) is 3. The van der Waals surface area contributed by atoms with Crippen molar-refractivity contribution >= 4 is 40.2 Å². The van der Waals surface area contributed by atoms with Gasteiger partial charge in [0.05, 0.1) is 10.9 Å². The van der Waals surface area contributed by atoms with Crippen molar-refractivity contribution in [3.8, 4) is 11.1 Å². The van der Waals surface area contributed by atoms with Gasteiger partial charge in [0.15, 0.2) is 12.3 Å². The quantitative estimate of drug-likeness (QED) is 0.187. The fraction of sp³-hybridized carbons (Fsp3) is 0.194. The van der Waals surface area contributed by atoms with Crippen LogP contribution in [0.2, 0.25) is 10.2 Å². The van der Waals surface area contributed by atoms with Gasteiger partial charge < -0.3 is 24.3 Å². The van der Waals surface area contributed by atoms with Crippen molar-refractivity contribution in [2.45, 2.75) is 37.6 Å². The fourth-order valence-electron chi connectivity index (χ4n) is 5.06. The molecule has 3 aromatic carbocycles. The van der Waals surface area contributed by atoms with Crippen LogP contribution in [0.5, 0.6) is 0 Å². The molecule has 0 bridgehead atoms. The zero-order valence-electron chi connectivity index (χ0n) is 21.8. The van der Waals surface area contributed by atoms with Gasteiger partial charge in [0, 0.05) is 11.2 Å². The van der Waals surface area contributed by atoms with E-state index in [2.05, 4.69) is 9.97 Å². The molecule has 0 aliphatic carbocycles. The van der Waals surface area contributed by atoms with Gasteiger partial charge in [-0.2, -0.15) is 0 Å². The molecule has 0 amide bonds. The van der Waals surface area contributed by atoms with Crippen LogP contribution in [0.25, 0.3) is 22.2 Å². The van der Waals surface area contributed by atoms with Gasteiger partial charge in [-0.05, 0) is 53.9 Å². The number of rotatable bonds is 6. The monoisotopic (exact) mass is 589 g/mol. The van der Waals surface area contributed by atoms with Gasteiger partial charge in [0.1, 0.15) is 34.9 Å². The number of aliphatic hydroxyl groups excluding tert-OH is 2. The Balaban J connectivity index is 1.30. The molecule has 2 N–H and O–H groups in total. The number of ether oxygens (including phenoxy) is 2. The van der Waals surface area contributed by atoms with E-state index in [4.69, 9.17) is 32.7 Å². The highest BCUT2D eigenvalue weighted by atomic mass is 35.5. The smallest absolute Gasteiger partial charge is 0.338 e. The maximum Gasteiger partial charge on any atom is 0.338 e. The second-order valence-electron chi connectivity index (χ2n) is 9.82. The second kappa shape index (κ2) is 11.2. The van der Waals surface area contributed by atoms with Gasteiger partial charge in [0.25, 0.3) is 0 Å². The van der Waals surface area contributed by atoms with E-state index in [9.17, 15) is 15.0 Å². The molecule has 1 aliphatic rings. The number of benzene rings is 3. The standard InChI is InChI=1S/C31H25Cl2N3O5/c1-17-34-28(33)23-15-16-36(29(23)35-17)30-25(38)24(37)27(40-30)26(20-11-13-22(32)14-12-20)41-31(39)21-9-7-19(8-10-21)18-5-3-2-4-6-18/h2-16,24-27,30,37-38H,1H3/t24-,25+,26+,27-,30+/m0/s1. The van der Waals surface area contributed by atoms with Crippen molar-refractivity contribution in [1.29, 1.82) is 0 Å². The van der Waals surface area contributed by atoms with Crippen molar-refractivity contribution in [2.75, 3.05) is 0 Å². The van der Waals surface area contributed by atoms with Gasteiger partial charge in [-0.3, -0.25) is 0 Å². The third-order valence-electron chi connectivity index (χ3n) is 7.15. The summed E-state index contributed by atoms with van der Waals surface area (Å²) in [6.07, 6.45) is -4.31. The van der Waals surface area contributed by atoms with Crippen LogP contribution in [0, 0.1) is 6.92 Å². The Hall–Kier alpha value is -3.79. The molecular formula is C31H25Cl2N3O5. The molecule has 0 saturated carbocycles. The zero-order valence-corrected chi connectivity index (χ0v) is 23.3. The largest absolute Gasteiger partial charge is 0.451 e. The molecule has 0 unspecified atom stereocenters. The first kappa shape index (κ1) is 27.4. The number of carbonyl (C=O) groups excluding carboxylic acids is 1. The first-order valence-electron chi connectivity index (χ1n) is 12.9. The van der Waals surface area contributed by atoms with Crippen LogP contribution in [0.15, 0.2) is 91.1 Å². The fourth-order valence-corrected chi connectivity index (χ4v) is 5.46. The van der Waals surface area contributed by atoms with E-state index < -0.39 is 36.6 Å². The lowest BCUT2D eigenvalue weighted by Crippen LogP contribution is -2.36. The summed E-state index contributed by atoms with van der Waals surface area (Å²) in [6.45, 7) is 1.70. The van der Waals surface area contributed by atoms with Crippen LogP contribution in [0.1, 0.15) is 34.1 Å². The van der Waals surface area contributed by atoms with Gasteiger partial charge >= 0.3 is 5.97 Å². The van der Waals surface area contributed by atoms with E-state index in [-0.39, 0.29) is 5.15 Å². The number of esters is 1. The predicted octanol–water partition coefficient (Wildman–Crippen LogP) is 5.93. The zero-order chi connectivity index (χ0) is 28.7. The number of halogens is 2. The summed E-state index contributed by atoms with van der Waals surface area (Å²) in [5, 5.41) is 23.6. The molecule has 8 nitrogen and oxygen atoms in total. The van der Waals surface area contributed by atoms with E-state index in [0.717, 1.165) is 11.1 Å². The highest BCUT2D eigenvalue weighted by Gasteiger charge is 2.49. The third kappa shape index (κ3) is 5.32. The molecule has 208 valence electrons. The predicted molar refractivity (Wildman–Crippen MR) is 155 cm³/mol. The lowest BCUT2D eigenvalue weighted by molar-refractivity contribution is -0.0916. The average molecular weight is 590 g/mol. The Morgan fingerprint density at radius 3 is 2.29 bits per heavy atom. The minimum Gasteiger partial charge on any atom is -0.451 e. The highest BCUT2D eigenvalue weighted by molar-refractivity contribution is 6.34. The lowest BCUT2D eigenvalue weighted by Gasteiger charge is -2.26. The summed E-state index contributed by atoms with van der Waals surface area (Å²) in [5.74, 6) is -0.168. The molecule has 1 aliphatic heterocycles. The van der Waals surface area contributed by atoms with Crippen LogP contribution in [0.3, 0.4) is 0 Å². The summed E-state index contributed by atoms with van der Waals surface area (Å²) in [7, 11) is 0. The minimum absolute atomic E-state index is 0.266. The molecule has 5 atom stereocenters. The SMILES string of the molecule is Cc1nc(Cl)c2ccn([C@@H]3O[C@H]([C@H](OC(=O)c4ccc(-c5ccccc5)cc4)c4ccc(Cl)cc4)[C@@H](O)[C@H]3O)c2n1. The van der Waals surface area contributed by atoms with Gasteiger partial charge in [-0.1, -0.05) is 77.8 Å². The molecule has 5 aromatic rings. The molecule has 1 saturated heterocycles. The van der Waals surface area contributed by atoms with E-state index in [1.54, 1.807) is 60.2 Å². The van der Waals surface area contributed by atoms with Crippen LogP contribution >= 0.6 is 23.2 Å². The average Bonchev–Trinajstić information content (AvgIpc) is 3.53. The van der Waals surface area contributed by atoms with Crippen LogP contribution in [-0.4, -0.2) is 49.0 Å². The van der Waals surface area contributed by atoms with Gasteiger partial charge in [0.2, 0.25) is 0 Å². The van der Waals surface area contributed by atoms with Crippen molar-refractivity contribution in [3.63, 3.8) is 0 Å². The van der Waals surface area contributed by atoms with Gasteiger partial charge in [-0.15, -0.1) is 0 Å². The minimum atomic E-state index is -1.40. The number of aryl methyl sites for hydroxylation is 1. The topological polar surface area (TPSA) is 107 Å². The van der Waals surface area contributed by atoms with E-state index >= 15 is 0 Å². The molecule has 0 radical (unpaired) electrons. The second-order valence-corrected chi connectivity index (χ2v) is 10.6. The van der Waals surface area contributed by atoms with Crippen molar-refractivity contribution in [3.05, 3.63) is 118 Å². The van der Waals surface area contributed by atoms with Crippen molar-refractivity contribution < 1.29 is 24.5 Å². The number of aliphatic hydroxyl groups is 2. The normalized spacial score (nSPS) is 21.2. The summed E-state index contributed by atoms with van der Waals surface area (Å²) >= 11 is 12.4. The molecule has 10 heteroatoms. The molecule has 6 rings (SSSR count). The molecule has 0 spiro atoms. The Labute approximate surface area is 245 Å². The van der Waals surface area contributed by atoms with Crippen molar-refractivity contribution in [1.82, 2.24) is 14.5 Å². The number of aromatic nitrogens is 3. The van der Waals surface area contributed by atoms with E-state index in [0.29, 0.717) is 33.0 Å². The van der Waals surface area contributed by atoms with Crippen LogP contribution in [0.4, 0.5) is 0 Å². The van der Waals surface area contributed by atoms with Crippen LogP contribution < -0.4 is 0 Å². The Morgan fingerprint density at radius 2 is 1.59 bits per heavy atom. The maximum absolute atomic E-state index is 13.4. The summed E-state index contributed by atoms with van der Waals surface area (Å²) < 4.78 is 13.8. The van der Waals surface area contributed by atoms with Crippen LogP contribution in [-0.2, 0) is 9.47 Å². The van der Waals surface area contributed by atoms with E-state index in [1.807, 2.05) is 42.5 Å². The molecule has 41 heavy (non-hydrogen) atoms. The highest BCUT2D eigenvalue weighted by Crippen LogP contribution is 2.40. The molecule has 2 aromatic heterocycles. The number of hydrogen-bond acceptors (Lipinski definition) is 7. The Morgan fingerprint density at radius 1 is 0.902 bits per heavy atom.